The van der Waals surface area contributed by atoms with E-state index in [1.165, 1.54) is 0 Å². The van der Waals surface area contributed by atoms with Crippen LogP contribution in [0.4, 0.5) is 4.79 Å². The molecule has 0 unspecified atom stereocenters. The molecule has 0 saturated carbocycles. The van der Waals surface area contributed by atoms with Crippen molar-refractivity contribution in [2.24, 2.45) is 0 Å². The van der Waals surface area contributed by atoms with Crippen LogP contribution < -0.4 is 4.74 Å². The quantitative estimate of drug-likeness (QED) is 0.452. The summed E-state index contributed by atoms with van der Waals surface area (Å²) in [6, 6.07) is 14.0. The number of likely N-dealkylation sites (tertiary alicyclic amines) is 1. The van der Waals surface area contributed by atoms with E-state index in [4.69, 9.17) is 37.7 Å². The molecular formula is C24H27Cl2N3O3. The number of fused-ring (bicyclic) bond motifs is 1. The van der Waals surface area contributed by atoms with E-state index in [0.717, 1.165) is 16.6 Å². The van der Waals surface area contributed by atoms with E-state index < -0.39 is 5.60 Å². The molecule has 2 heterocycles. The van der Waals surface area contributed by atoms with Gasteiger partial charge in [0, 0.05) is 36.0 Å². The molecule has 6 nitrogen and oxygen atoms in total. The van der Waals surface area contributed by atoms with E-state index in [0.29, 0.717) is 48.5 Å². The maximum absolute atomic E-state index is 12.3. The van der Waals surface area contributed by atoms with Gasteiger partial charge in [-0.15, -0.1) is 0 Å². The number of carbonyl (C=O) groups excluding carboxylic acids is 1. The number of carbonyl (C=O) groups is 1. The second-order valence-corrected chi connectivity index (χ2v) is 9.83. The monoisotopic (exact) mass is 475 g/mol. The Morgan fingerprint density at radius 3 is 2.53 bits per heavy atom. The van der Waals surface area contributed by atoms with Crippen LogP contribution in [0.2, 0.25) is 10.0 Å². The molecule has 170 valence electrons. The number of aromatic nitrogens is 2. The van der Waals surface area contributed by atoms with Gasteiger partial charge in [-0.05, 0) is 50.6 Å². The van der Waals surface area contributed by atoms with Gasteiger partial charge >= 0.3 is 6.09 Å². The fourth-order valence-corrected chi connectivity index (χ4v) is 4.22. The second-order valence-electron chi connectivity index (χ2n) is 8.99. The molecule has 2 aromatic carbocycles. The fraction of sp³-hybridized carbons (Fsp3) is 0.417. The van der Waals surface area contributed by atoms with Crippen molar-refractivity contribution in [1.29, 1.82) is 0 Å². The van der Waals surface area contributed by atoms with Crippen molar-refractivity contribution in [3.05, 3.63) is 58.1 Å². The van der Waals surface area contributed by atoms with Gasteiger partial charge < -0.3 is 14.4 Å². The van der Waals surface area contributed by atoms with Crippen molar-refractivity contribution in [3.8, 4) is 6.01 Å². The molecular weight excluding hydrogens is 449 g/mol. The van der Waals surface area contributed by atoms with Gasteiger partial charge in [0.15, 0.2) is 0 Å². The first-order valence-electron chi connectivity index (χ1n) is 10.7. The Labute approximate surface area is 198 Å². The lowest BCUT2D eigenvalue weighted by Gasteiger charge is -2.33. The Morgan fingerprint density at radius 1 is 1.12 bits per heavy atom. The van der Waals surface area contributed by atoms with Gasteiger partial charge in [0.1, 0.15) is 11.7 Å². The van der Waals surface area contributed by atoms with Crippen LogP contribution >= 0.6 is 23.2 Å². The van der Waals surface area contributed by atoms with Gasteiger partial charge in [0.2, 0.25) is 0 Å². The summed E-state index contributed by atoms with van der Waals surface area (Å²) in [4.78, 5) is 18.8. The number of imidazole rings is 1. The third-order valence-corrected chi connectivity index (χ3v) is 5.92. The average Bonchev–Trinajstić information content (AvgIpc) is 3.06. The molecule has 0 bridgehead atoms. The van der Waals surface area contributed by atoms with Crippen LogP contribution in [-0.2, 0) is 11.3 Å². The zero-order valence-corrected chi connectivity index (χ0v) is 20.0. The highest BCUT2D eigenvalue weighted by molar-refractivity contribution is 6.35. The Bertz CT molecular complexity index is 1120. The van der Waals surface area contributed by atoms with Gasteiger partial charge in [0.05, 0.1) is 17.6 Å². The van der Waals surface area contributed by atoms with Crippen molar-refractivity contribution in [2.75, 3.05) is 13.1 Å². The highest BCUT2D eigenvalue weighted by atomic mass is 35.5. The number of para-hydroxylation sites is 2. The molecule has 0 atom stereocenters. The average molecular weight is 476 g/mol. The van der Waals surface area contributed by atoms with Crippen molar-refractivity contribution < 1.29 is 14.3 Å². The van der Waals surface area contributed by atoms with Crippen molar-refractivity contribution in [2.45, 2.75) is 51.9 Å². The maximum atomic E-state index is 12.3. The van der Waals surface area contributed by atoms with E-state index in [1.54, 1.807) is 11.0 Å². The van der Waals surface area contributed by atoms with Crippen LogP contribution in [0.15, 0.2) is 42.5 Å². The van der Waals surface area contributed by atoms with Crippen molar-refractivity contribution in [3.63, 3.8) is 0 Å². The largest absolute Gasteiger partial charge is 0.461 e. The molecule has 0 N–H and O–H groups in total. The molecule has 0 spiro atoms. The molecule has 32 heavy (non-hydrogen) atoms. The number of benzene rings is 2. The second kappa shape index (κ2) is 9.20. The first-order valence-corrected chi connectivity index (χ1v) is 11.5. The molecule has 1 saturated heterocycles. The van der Waals surface area contributed by atoms with Crippen LogP contribution in [0, 0.1) is 0 Å². The Balaban J connectivity index is 1.50. The number of ether oxygens (including phenoxy) is 2. The predicted molar refractivity (Wildman–Crippen MR) is 127 cm³/mol. The number of hydrogen-bond donors (Lipinski definition) is 0. The minimum Gasteiger partial charge on any atom is -0.461 e. The molecule has 1 aromatic heterocycles. The van der Waals surface area contributed by atoms with E-state index in [2.05, 4.69) is 0 Å². The number of halogens is 2. The van der Waals surface area contributed by atoms with E-state index in [-0.39, 0.29) is 12.2 Å². The Kier molecular flexibility index (Phi) is 6.54. The smallest absolute Gasteiger partial charge is 0.410 e. The summed E-state index contributed by atoms with van der Waals surface area (Å²) in [5, 5.41) is 1.20. The van der Waals surface area contributed by atoms with Gasteiger partial charge in [-0.1, -0.05) is 41.4 Å². The lowest BCUT2D eigenvalue weighted by atomic mass is 10.1. The Morgan fingerprint density at radius 2 is 1.84 bits per heavy atom. The standard InChI is InChI=1S/C24H27Cl2N3O3/c1-24(2,3)32-23(30)28-12-10-18(11-13-28)31-22-27-20-6-4-5-7-21(20)29(22)15-16-8-9-17(25)14-19(16)26/h4-9,14,18H,10-13,15H2,1-3H3. The lowest BCUT2D eigenvalue weighted by Crippen LogP contribution is -2.44. The number of nitrogens with zero attached hydrogens (tertiary/aromatic N) is 3. The van der Waals surface area contributed by atoms with Crippen LogP contribution in [0.3, 0.4) is 0 Å². The summed E-state index contributed by atoms with van der Waals surface area (Å²) in [6.07, 6.45) is 1.11. The summed E-state index contributed by atoms with van der Waals surface area (Å²) >= 11 is 12.5. The number of piperidine rings is 1. The highest BCUT2D eigenvalue weighted by Gasteiger charge is 2.28. The van der Waals surface area contributed by atoms with Crippen LogP contribution in [0.5, 0.6) is 6.01 Å². The molecule has 8 heteroatoms. The van der Waals surface area contributed by atoms with Gasteiger partial charge in [-0.2, -0.15) is 4.98 Å². The van der Waals surface area contributed by atoms with Crippen LogP contribution in [-0.4, -0.2) is 45.3 Å². The van der Waals surface area contributed by atoms with Gasteiger partial charge in [0.25, 0.3) is 6.01 Å². The van der Waals surface area contributed by atoms with E-state index >= 15 is 0 Å². The highest BCUT2D eigenvalue weighted by Crippen LogP contribution is 2.29. The molecule has 4 rings (SSSR count). The summed E-state index contributed by atoms with van der Waals surface area (Å²) in [5.74, 6) is 0. The number of hydrogen-bond acceptors (Lipinski definition) is 4. The lowest BCUT2D eigenvalue weighted by molar-refractivity contribution is 0.0116. The van der Waals surface area contributed by atoms with Gasteiger partial charge in [-0.25, -0.2) is 4.79 Å². The first kappa shape index (κ1) is 22.7. The third kappa shape index (κ3) is 5.30. The van der Waals surface area contributed by atoms with E-state index in [9.17, 15) is 4.79 Å². The Hall–Kier alpha value is -2.44. The number of amides is 1. The summed E-state index contributed by atoms with van der Waals surface area (Å²) < 4.78 is 13.9. The topological polar surface area (TPSA) is 56.6 Å². The summed E-state index contributed by atoms with van der Waals surface area (Å²) in [6.45, 7) is 7.31. The van der Waals surface area contributed by atoms with Gasteiger partial charge in [-0.3, -0.25) is 4.57 Å². The molecule has 1 amide bonds. The molecule has 0 aliphatic carbocycles. The van der Waals surface area contributed by atoms with Crippen LogP contribution in [0.1, 0.15) is 39.2 Å². The predicted octanol–water partition coefficient (Wildman–Crippen LogP) is 6.17. The minimum absolute atomic E-state index is 0.0371. The molecule has 1 aliphatic heterocycles. The summed E-state index contributed by atoms with van der Waals surface area (Å²) in [5.41, 5.74) is 2.26. The van der Waals surface area contributed by atoms with Crippen molar-refractivity contribution in [1.82, 2.24) is 14.5 Å². The first-order chi connectivity index (χ1) is 15.2. The zero-order valence-electron chi connectivity index (χ0n) is 18.5. The normalized spacial score (nSPS) is 15.2. The van der Waals surface area contributed by atoms with E-state index in [1.807, 2.05) is 61.7 Å². The molecule has 3 aromatic rings. The number of rotatable bonds is 4. The maximum Gasteiger partial charge on any atom is 0.410 e. The molecule has 1 aliphatic rings. The molecule has 0 radical (unpaired) electrons. The summed E-state index contributed by atoms with van der Waals surface area (Å²) in [7, 11) is 0. The van der Waals surface area contributed by atoms with Crippen molar-refractivity contribution >= 4 is 40.3 Å². The molecule has 1 fully saturated rings. The SMILES string of the molecule is CC(C)(C)OC(=O)N1CCC(Oc2nc3ccccc3n2Cc2ccc(Cl)cc2Cl)CC1. The zero-order chi connectivity index (χ0) is 22.9. The fourth-order valence-electron chi connectivity index (χ4n) is 3.75. The third-order valence-electron chi connectivity index (χ3n) is 5.33. The van der Waals surface area contributed by atoms with Crippen LogP contribution in [0.25, 0.3) is 11.0 Å². The minimum atomic E-state index is -0.502.